The Morgan fingerprint density at radius 2 is 2.38 bits per heavy atom. The zero-order valence-corrected chi connectivity index (χ0v) is 9.08. The number of benzene rings is 1. The number of rotatable bonds is 2. The van der Waals surface area contributed by atoms with Gasteiger partial charge in [0.2, 0.25) is 5.91 Å². The lowest BCUT2D eigenvalue weighted by molar-refractivity contribution is -0.119. The molecule has 4 nitrogen and oxygen atoms in total. The van der Waals surface area contributed by atoms with Gasteiger partial charge in [-0.3, -0.25) is 4.79 Å². The van der Waals surface area contributed by atoms with Gasteiger partial charge in [0.15, 0.2) is 0 Å². The van der Waals surface area contributed by atoms with Crippen LogP contribution in [0.25, 0.3) is 0 Å². The highest BCUT2D eigenvalue weighted by Crippen LogP contribution is 2.21. The molecule has 1 saturated heterocycles. The summed E-state index contributed by atoms with van der Waals surface area (Å²) >= 11 is 0. The van der Waals surface area contributed by atoms with Crippen molar-refractivity contribution >= 4 is 11.6 Å². The Hall–Kier alpha value is -2.02. The summed E-state index contributed by atoms with van der Waals surface area (Å²) in [5.74, 6) is 0.0598. The van der Waals surface area contributed by atoms with Gasteiger partial charge >= 0.3 is 0 Å². The molecule has 1 aliphatic heterocycles. The van der Waals surface area contributed by atoms with Gasteiger partial charge < -0.3 is 10.6 Å². The van der Waals surface area contributed by atoms with E-state index in [9.17, 15) is 4.79 Å². The Balaban J connectivity index is 2.21. The molecule has 0 aliphatic carbocycles. The number of para-hydroxylation sites is 1. The summed E-state index contributed by atoms with van der Waals surface area (Å²) in [6, 6.07) is 7.83. The number of carbonyl (C=O) groups is 1. The van der Waals surface area contributed by atoms with Crippen LogP contribution in [-0.4, -0.2) is 18.5 Å². The third kappa shape index (κ3) is 1.98. The second kappa shape index (κ2) is 4.23. The molecule has 0 spiro atoms. The van der Waals surface area contributed by atoms with E-state index in [-0.39, 0.29) is 11.9 Å². The first kappa shape index (κ1) is 10.5. The molecule has 1 amide bonds. The van der Waals surface area contributed by atoms with Crippen molar-refractivity contribution in [3.63, 3.8) is 0 Å². The van der Waals surface area contributed by atoms with Gasteiger partial charge in [0.25, 0.3) is 0 Å². The van der Waals surface area contributed by atoms with Crippen molar-refractivity contribution in [1.29, 1.82) is 5.26 Å². The fourth-order valence-electron chi connectivity index (χ4n) is 1.86. The van der Waals surface area contributed by atoms with Crippen LogP contribution < -0.4 is 10.6 Å². The Kier molecular flexibility index (Phi) is 2.78. The summed E-state index contributed by atoms with van der Waals surface area (Å²) in [4.78, 5) is 11.1. The molecule has 0 bridgehead atoms. The largest absolute Gasteiger partial charge is 0.379 e. The van der Waals surface area contributed by atoms with E-state index in [1.54, 1.807) is 6.07 Å². The highest BCUT2D eigenvalue weighted by Gasteiger charge is 2.22. The lowest BCUT2D eigenvalue weighted by atomic mass is 10.1. The maximum atomic E-state index is 11.1. The molecular weight excluding hydrogens is 202 g/mol. The zero-order valence-electron chi connectivity index (χ0n) is 9.08. The smallest absolute Gasteiger partial charge is 0.222 e. The molecule has 4 heteroatoms. The average molecular weight is 215 g/mol. The molecule has 82 valence electrons. The van der Waals surface area contributed by atoms with Crippen LogP contribution in [0.3, 0.4) is 0 Å². The minimum Gasteiger partial charge on any atom is -0.379 e. The Morgan fingerprint density at radius 3 is 3.00 bits per heavy atom. The minimum atomic E-state index is 0.0598. The first-order valence-electron chi connectivity index (χ1n) is 5.23. The molecule has 1 unspecified atom stereocenters. The Labute approximate surface area is 94.3 Å². The van der Waals surface area contributed by atoms with E-state index in [1.165, 1.54) is 0 Å². The minimum absolute atomic E-state index is 0.0598. The van der Waals surface area contributed by atoms with Crippen molar-refractivity contribution in [2.75, 3.05) is 11.9 Å². The fourth-order valence-corrected chi connectivity index (χ4v) is 1.86. The monoisotopic (exact) mass is 215 g/mol. The quantitative estimate of drug-likeness (QED) is 0.778. The molecule has 2 N–H and O–H groups in total. The number of hydrogen-bond donors (Lipinski definition) is 2. The van der Waals surface area contributed by atoms with E-state index in [0.717, 1.165) is 11.3 Å². The third-order valence-electron chi connectivity index (χ3n) is 2.72. The van der Waals surface area contributed by atoms with Crippen LogP contribution in [0.15, 0.2) is 18.2 Å². The molecule has 2 rings (SSSR count). The van der Waals surface area contributed by atoms with Crippen LogP contribution in [0.2, 0.25) is 0 Å². The van der Waals surface area contributed by atoms with Crippen molar-refractivity contribution < 1.29 is 4.79 Å². The standard InChI is InChI=1S/C12H13N3O/c1-8-3-2-4-9(6-13)12(8)15-10-5-11(16)14-7-10/h2-4,10,15H,5,7H2,1H3,(H,14,16). The van der Waals surface area contributed by atoms with Crippen LogP contribution in [0, 0.1) is 18.3 Å². The Morgan fingerprint density at radius 1 is 1.56 bits per heavy atom. The van der Waals surface area contributed by atoms with Gasteiger partial charge in [0.1, 0.15) is 6.07 Å². The maximum Gasteiger partial charge on any atom is 0.222 e. The molecule has 1 fully saturated rings. The summed E-state index contributed by atoms with van der Waals surface area (Å²) < 4.78 is 0. The molecule has 16 heavy (non-hydrogen) atoms. The molecule has 1 aromatic carbocycles. The van der Waals surface area contributed by atoms with E-state index < -0.39 is 0 Å². The highest BCUT2D eigenvalue weighted by molar-refractivity contribution is 5.80. The second-order valence-corrected chi connectivity index (χ2v) is 3.96. The van der Waals surface area contributed by atoms with Crippen molar-refractivity contribution in [2.45, 2.75) is 19.4 Å². The number of aryl methyl sites for hydroxylation is 1. The molecular formula is C12H13N3O. The predicted octanol–water partition coefficient (Wildman–Crippen LogP) is 1.17. The fraction of sp³-hybridized carbons (Fsp3) is 0.333. The zero-order chi connectivity index (χ0) is 11.5. The average Bonchev–Trinajstić information content (AvgIpc) is 2.67. The lowest BCUT2D eigenvalue weighted by Crippen LogP contribution is -2.23. The van der Waals surface area contributed by atoms with Crippen LogP contribution in [0.1, 0.15) is 17.5 Å². The summed E-state index contributed by atoms with van der Waals surface area (Å²) in [6.45, 7) is 2.57. The topological polar surface area (TPSA) is 64.9 Å². The van der Waals surface area contributed by atoms with Gasteiger partial charge in [-0.05, 0) is 18.6 Å². The van der Waals surface area contributed by atoms with Gasteiger partial charge in [-0.15, -0.1) is 0 Å². The second-order valence-electron chi connectivity index (χ2n) is 3.96. The van der Waals surface area contributed by atoms with Crippen LogP contribution in [0.5, 0.6) is 0 Å². The Bertz CT molecular complexity index is 462. The number of nitriles is 1. The molecule has 0 saturated carbocycles. The van der Waals surface area contributed by atoms with Gasteiger partial charge in [0, 0.05) is 13.0 Å². The van der Waals surface area contributed by atoms with Crippen LogP contribution >= 0.6 is 0 Å². The van der Waals surface area contributed by atoms with Crippen molar-refractivity contribution in [3.8, 4) is 6.07 Å². The summed E-state index contributed by atoms with van der Waals surface area (Å²) in [5.41, 5.74) is 2.49. The molecule has 0 radical (unpaired) electrons. The summed E-state index contributed by atoms with van der Waals surface area (Å²) in [7, 11) is 0. The van der Waals surface area contributed by atoms with Crippen LogP contribution in [-0.2, 0) is 4.79 Å². The van der Waals surface area contributed by atoms with Gasteiger partial charge in [-0.1, -0.05) is 12.1 Å². The van der Waals surface area contributed by atoms with Gasteiger partial charge in [-0.2, -0.15) is 5.26 Å². The molecule has 1 heterocycles. The van der Waals surface area contributed by atoms with Gasteiger partial charge in [-0.25, -0.2) is 0 Å². The normalized spacial score (nSPS) is 19.0. The lowest BCUT2D eigenvalue weighted by Gasteiger charge is -2.15. The number of nitrogens with one attached hydrogen (secondary N) is 2. The van der Waals surface area contributed by atoms with E-state index in [0.29, 0.717) is 18.5 Å². The van der Waals surface area contributed by atoms with Crippen molar-refractivity contribution in [2.24, 2.45) is 0 Å². The SMILES string of the molecule is Cc1cccc(C#N)c1NC1CNC(=O)C1. The van der Waals surface area contributed by atoms with Crippen molar-refractivity contribution in [1.82, 2.24) is 5.32 Å². The summed E-state index contributed by atoms with van der Waals surface area (Å²) in [6.07, 6.45) is 0.471. The summed E-state index contributed by atoms with van der Waals surface area (Å²) in [5, 5.41) is 15.0. The molecule has 1 aliphatic rings. The predicted molar refractivity (Wildman–Crippen MR) is 60.9 cm³/mol. The van der Waals surface area contributed by atoms with E-state index in [2.05, 4.69) is 16.7 Å². The number of nitrogens with zero attached hydrogens (tertiary/aromatic N) is 1. The number of carbonyl (C=O) groups excluding carboxylic acids is 1. The number of anilines is 1. The number of hydrogen-bond acceptors (Lipinski definition) is 3. The van der Waals surface area contributed by atoms with Crippen LogP contribution in [0.4, 0.5) is 5.69 Å². The molecule has 1 atom stereocenters. The van der Waals surface area contributed by atoms with E-state index in [4.69, 9.17) is 5.26 Å². The van der Waals surface area contributed by atoms with Gasteiger partial charge in [0.05, 0.1) is 17.3 Å². The highest BCUT2D eigenvalue weighted by atomic mass is 16.1. The van der Waals surface area contributed by atoms with E-state index in [1.807, 2.05) is 19.1 Å². The molecule has 0 aromatic heterocycles. The maximum absolute atomic E-state index is 11.1. The van der Waals surface area contributed by atoms with E-state index >= 15 is 0 Å². The number of amides is 1. The van der Waals surface area contributed by atoms with Crippen molar-refractivity contribution in [3.05, 3.63) is 29.3 Å². The first-order chi connectivity index (χ1) is 7.70. The third-order valence-corrected chi connectivity index (χ3v) is 2.72. The first-order valence-corrected chi connectivity index (χ1v) is 5.23. The molecule has 1 aromatic rings.